The Balaban J connectivity index is 1.97. The SMILES string of the molecule is CC1C(=O)N(Cc2nc(N)c3cnn(C)c3n2)C(=O)C1C. The Morgan fingerprint density at radius 1 is 1.19 bits per heavy atom. The highest BCUT2D eigenvalue weighted by atomic mass is 16.2. The van der Waals surface area contributed by atoms with Crippen molar-refractivity contribution < 1.29 is 9.59 Å². The highest BCUT2D eigenvalue weighted by Crippen LogP contribution is 2.27. The summed E-state index contributed by atoms with van der Waals surface area (Å²) in [6.45, 7) is 3.55. The Bertz CT molecular complexity index is 732. The van der Waals surface area contributed by atoms with E-state index in [4.69, 9.17) is 5.73 Å². The van der Waals surface area contributed by atoms with E-state index in [1.807, 2.05) is 0 Å². The quantitative estimate of drug-likeness (QED) is 0.785. The van der Waals surface area contributed by atoms with Gasteiger partial charge in [-0.15, -0.1) is 0 Å². The van der Waals surface area contributed by atoms with E-state index in [1.165, 1.54) is 4.90 Å². The summed E-state index contributed by atoms with van der Waals surface area (Å²) in [5, 5.41) is 4.72. The molecule has 0 spiro atoms. The predicted octanol–water partition coefficient (Wildman–Crippen LogP) is 0.0865. The van der Waals surface area contributed by atoms with Crippen molar-refractivity contribution in [2.24, 2.45) is 18.9 Å². The van der Waals surface area contributed by atoms with E-state index in [-0.39, 0.29) is 30.2 Å². The monoisotopic (exact) mass is 288 g/mol. The van der Waals surface area contributed by atoms with Crippen LogP contribution < -0.4 is 5.73 Å². The van der Waals surface area contributed by atoms with E-state index in [1.54, 1.807) is 31.8 Å². The lowest BCUT2D eigenvalue weighted by atomic mass is 10.00. The second kappa shape index (κ2) is 4.51. The molecule has 3 heterocycles. The number of hydrogen-bond donors (Lipinski definition) is 1. The fraction of sp³-hybridized carbons (Fsp3) is 0.462. The maximum absolute atomic E-state index is 12.1. The number of anilines is 1. The van der Waals surface area contributed by atoms with Crippen LogP contribution in [0, 0.1) is 11.8 Å². The molecule has 2 N–H and O–H groups in total. The minimum atomic E-state index is -0.310. The summed E-state index contributed by atoms with van der Waals surface area (Å²) in [6, 6.07) is 0. The van der Waals surface area contributed by atoms with Crippen molar-refractivity contribution in [1.29, 1.82) is 0 Å². The largest absolute Gasteiger partial charge is 0.383 e. The van der Waals surface area contributed by atoms with Crippen molar-refractivity contribution >= 4 is 28.7 Å². The molecule has 0 radical (unpaired) electrons. The molecule has 1 fully saturated rings. The summed E-state index contributed by atoms with van der Waals surface area (Å²) in [5.41, 5.74) is 6.46. The second-order valence-corrected chi connectivity index (χ2v) is 5.37. The zero-order valence-electron chi connectivity index (χ0n) is 12.1. The van der Waals surface area contributed by atoms with Gasteiger partial charge in [0.05, 0.1) is 18.1 Å². The molecule has 1 aliphatic rings. The van der Waals surface area contributed by atoms with Crippen LogP contribution in [0.3, 0.4) is 0 Å². The summed E-state index contributed by atoms with van der Waals surface area (Å²) in [4.78, 5) is 33.9. The van der Waals surface area contributed by atoms with Crippen molar-refractivity contribution in [2.75, 3.05) is 5.73 Å². The highest BCUT2D eigenvalue weighted by molar-refractivity contribution is 6.04. The van der Waals surface area contributed by atoms with Gasteiger partial charge in [0.2, 0.25) is 11.8 Å². The Hall–Kier alpha value is -2.51. The molecule has 2 unspecified atom stereocenters. The first-order valence-corrected chi connectivity index (χ1v) is 6.69. The van der Waals surface area contributed by atoms with Gasteiger partial charge in [-0.25, -0.2) is 9.97 Å². The third-order valence-electron chi connectivity index (χ3n) is 4.03. The number of rotatable bonds is 2. The lowest BCUT2D eigenvalue weighted by molar-refractivity contribution is -0.140. The minimum Gasteiger partial charge on any atom is -0.383 e. The van der Waals surface area contributed by atoms with Crippen LogP contribution in [0.2, 0.25) is 0 Å². The maximum Gasteiger partial charge on any atom is 0.233 e. The Labute approximate surface area is 120 Å². The lowest BCUT2D eigenvalue weighted by Gasteiger charge is -2.13. The van der Waals surface area contributed by atoms with Crippen molar-refractivity contribution in [3.05, 3.63) is 12.0 Å². The van der Waals surface area contributed by atoms with E-state index < -0.39 is 0 Å². The van der Waals surface area contributed by atoms with E-state index in [0.29, 0.717) is 22.7 Å². The average molecular weight is 288 g/mol. The van der Waals surface area contributed by atoms with E-state index >= 15 is 0 Å². The Morgan fingerprint density at radius 3 is 2.43 bits per heavy atom. The van der Waals surface area contributed by atoms with Gasteiger partial charge >= 0.3 is 0 Å². The number of aromatic nitrogens is 4. The number of fused-ring (bicyclic) bond motifs is 1. The summed E-state index contributed by atoms with van der Waals surface area (Å²) in [7, 11) is 1.74. The van der Waals surface area contributed by atoms with Crippen LogP contribution >= 0.6 is 0 Å². The van der Waals surface area contributed by atoms with E-state index in [9.17, 15) is 9.59 Å². The van der Waals surface area contributed by atoms with Crippen LogP contribution in [-0.2, 0) is 23.2 Å². The van der Waals surface area contributed by atoms with Gasteiger partial charge in [-0.05, 0) is 0 Å². The van der Waals surface area contributed by atoms with Crippen molar-refractivity contribution in [2.45, 2.75) is 20.4 Å². The maximum atomic E-state index is 12.1. The van der Waals surface area contributed by atoms with Crippen LogP contribution in [0.25, 0.3) is 11.0 Å². The Kier molecular flexibility index (Phi) is 2.89. The number of aryl methyl sites for hydroxylation is 1. The number of carbonyl (C=O) groups excluding carboxylic acids is 2. The first-order valence-electron chi connectivity index (χ1n) is 6.69. The van der Waals surface area contributed by atoms with E-state index in [2.05, 4.69) is 15.1 Å². The number of imide groups is 1. The molecule has 8 heteroatoms. The van der Waals surface area contributed by atoms with Gasteiger partial charge in [-0.3, -0.25) is 19.2 Å². The molecular weight excluding hydrogens is 272 g/mol. The van der Waals surface area contributed by atoms with Crippen molar-refractivity contribution in [3.8, 4) is 0 Å². The zero-order chi connectivity index (χ0) is 15.3. The van der Waals surface area contributed by atoms with E-state index in [0.717, 1.165) is 0 Å². The molecular formula is C13H16N6O2. The third kappa shape index (κ3) is 1.94. The van der Waals surface area contributed by atoms with Gasteiger partial charge in [0, 0.05) is 18.9 Å². The van der Waals surface area contributed by atoms with Gasteiger partial charge in [0.1, 0.15) is 5.82 Å². The Morgan fingerprint density at radius 2 is 1.81 bits per heavy atom. The molecule has 0 saturated carbocycles. The van der Waals surface area contributed by atoms with Gasteiger partial charge in [-0.2, -0.15) is 5.10 Å². The predicted molar refractivity (Wildman–Crippen MR) is 74.6 cm³/mol. The molecule has 3 rings (SSSR count). The summed E-state index contributed by atoms with van der Waals surface area (Å²) < 4.78 is 1.58. The molecule has 0 aromatic carbocycles. The molecule has 2 aromatic heterocycles. The minimum absolute atomic E-state index is 0.0394. The zero-order valence-corrected chi connectivity index (χ0v) is 12.1. The number of hydrogen-bond acceptors (Lipinski definition) is 6. The number of nitrogens with two attached hydrogens (primary N) is 1. The number of nitrogens with zero attached hydrogens (tertiary/aromatic N) is 5. The third-order valence-corrected chi connectivity index (χ3v) is 4.03. The number of amides is 2. The van der Waals surface area contributed by atoms with Gasteiger partial charge in [-0.1, -0.05) is 13.8 Å². The topological polar surface area (TPSA) is 107 Å². The average Bonchev–Trinajstić information content (AvgIpc) is 2.90. The van der Waals surface area contributed by atoms with Crippen molar-refractivity contribution in [1.82, 2.24) is 24.6 Å². The van der Waals surface area contributed by atoms with Crippen LogP contribution in [0.4, 0.5) is 5.82 Å². The molecule has 2 aromatic rings. The number of carbonyl (C=O) groups is 2. The smallest absolute Gasteiger partial charge is 0.233 e. The first kappa shape index (κ1) is 13.5. The van der Waals surface area contributed by atoms with Crippen LogP contribution in [0.15, 0.2) is 6.20 Å². The fourth-order valence-corrected chi connectivity index (χ4v) is 2.49. The summed E-state index contributed by atoms with van der Waals surface area (Å²) >= 11 is 0. The van der Waals surface area contributed by atoms with Crippen LogP contribution in [0.1, 0.15) is 19.7 Å². The molecule has 2 amide bonds. The number of nitrogen functional groups attached to an aromatic ring is 1. The highest BCUT2D eigenvalue weighted by Gasteiger charge is 2.42. The molecule has 1 saturated heterocycles. The number of likely N-dealkylation sites (tertiary alicyclic amines) is 1. The molecule has 1 aliphatic heterocycles. The molecule has 2 atom stereocenters. The molecule has 0 aliphatic carbocycles. The fourth-order valence-electron chi connectivity index (χ4n) is 2.49. The standard InChI is InChI=1S/C13H16N6O2/c1-6-7(2)13(21)19(12(6)20)5-9-16-10(14)8-4-15-18(3)11(8)17-9/h4,6-7H,5H2,1-3H3,(H2,14,16,17). The molecule has 0 bridgehead atoms. The second-order valence-electron chi connectivity index (χ2n) is 5.37. The summed E-state index contributed by atoms with van der Waals surface area (Å²) in [6.07, 6.45) is 1.59. The first-order chi connectivity index (χ1) is 9.90. The lowest BCUT2D eigenvalue weighted by Crippen LogP contribution is -2.31. The molecule has 110 valence electrons. The molecule has 21 heavy (non-hydrogen) atoms. The van der Waals surface area contributed by atoms with Gasteiger partial charge < -0.3 is 5.73 Å². The molecule has 8 nitrogen and oxygen atoms in total. The van der Waals surface area contributed by atoms with Crippen molar-refractivity contribution in [3.63, 3.8) is 0 Å². The summed E-state index contributed by atoms with van der Waals surface area (Å²) in [5.74, 6) is -0.375. The normalized spacial score (nSPS) is 22.5. The van der Waals surface area contributed by atoms with Crippen LogP contribution in [0.5, 0.6) is 0 Å². The van der Waals surface area contributed by atoms with Gasteiger partial charge in [0.25, 0.3) is 0 Å². The van der Waals surface area contributed by atoms with Gasteiger partial charge in [0.15, 0.2) is 11.5 Å². The van der Waals surface area contributed by atoms with Crippen LogP contribution in [-0.4, -0.2) is 36.5 Å².